The molecule has 2 aromatic rings. The number of likely N-dealkylation sites (N-methyl/N-ethyl adjacent to an activating group) is 1. The van der Waals surface area contributed by atoms with Crippen LogP contribution in [0.3, 0.4) is 0 Å². The van der Waals surface area contributed by atoms with Crippen LogP contribution in [0, 0.1) is 0 Å². The summed E-state index contributed by atoms with van der Waals surface area (Å²) in [5.41, 5.74) is 15.3. The number of benzene rings is 1. The van der Waals surface area contributed by atoms with Crippen LogP contribution in [0.25, 0.3) is 10.7 Å². The summed E-state index contributed by atoms with van der Waals surface area (Å²) in [4.78, 5) is 7.25. The molecule has 168 valence electrons. The van der Waals surface area contributed by atoms with Crippen LogP contribution >= 0.6 is 11.6 Å². The van der Waals surface area contributed by atoms with E-state index in [4.69, 9.17) is 28.2 Å². The van der Waals surface area contributed by atoms with Gasteiger partial charge in [0, 0.05) is 45.8 Å². The van der Waals surface area contributed by atoms with E-state index in [-0.39, 0.29) is 0 Å². The Morgan fingerprint density at radius 3 is 2.26 bits per heavy atom. The highest BCUT2D eigenvalue weighted by molar-refractivity contribution is 6.53. The van der Waals surface area contributed by atoms with Crippen molar-refractivity contribution in [2.75, 3.05) is 63.0 Å². The normalized spacial score (nSPS) is 19.1. The molecule has 1 aromatic heterocycles. The summed E-state index contributed by atoms with van der Waals surface area (Å²) in [6, 6.07) is 9.80. The van der Waals surface area contributed by atoms with Gasteiger partial charge in [-0.3, -0.25) is 4.90 Å². The van der Waals surface area contributed by atoms with Gasteiger partial charge in [0.05, 0.1) is 22.8 Å². The molecule has 4 rings (SSSR count). The maximum atomic E-state index is 6.85. The maximum Gasteiger partial charge on any atom is 0.161 e. The number of hydrogen-bond donors (Lipinski definition) is 2. The van der Waals surface area contributed by atoms with Crippen LogP contribution in [0.5, 0.6) is 0 Å². The first-order chi connectivity index (χ1) is 15.1. The molecule has 3 heterocycles. The number of rotatable bonds is 7. The van der Waals surface area contributed by atoms with E-state index < -0.39 is 0 Å². The fourth-order valence-electron chi connectivity index (χ4n) is 4.44. The predicted molar refractivity (Wildman–Crippen MR) is 130 cm³/mol. The van der Waals surface area contributed by atoms with Gasteiger partial charge in [-0.2, -0.15) is 5.10 Å². The van der Waals surface area contributed by atoms with E-state index in [1.54, 1.807) is 0 Å². The minimum Gasteiger partial charge on any atom is -0.397 e. The van der Waals surface area contributed by atoms with Gasteiger partial charge in [-0.15, -0.1) is 0 Å². The first kappa shape index (κ1) is 22.0. The minimum absolute atomic E-state index is 0.480. The molecule has 0 saturated carbocycles. The standard InChI is InChI=1S/C23H34ClN7/c1-2-28-12-14-29(15-13-28)16-17-31-22(26)19(23(27-31)30-10-6-7-11-30)20(24)21(25)18-8-4-3-5-9-18/h3-5,8-9H,2,6-7,10-17,25-26H2,1H3/b21-20+. The molecule has 8 heteroatoms. The lowest BCUT2D eigenvalue weighted by Crippen LogP contribution is -2.47. The Bertz CT molecular complexity index is 894. The molecule has 0 amide bonds. The summed E-state index contributed by atoms with van der Waals surface area (Å²) < 4.78 is 1.91. The molecule has 7 nitrogen and oxygen atoms in total. The fraction of sp³-hybridized carbons (Fsp3) is 0.522. The zero-order valence-corrected chi connectivity index (χ0v) is 19.2. The number of nitrogen functional groups attached to an aromatic ring is 1. The second-order valence-corrected chi connectivity index (χ2v) is 8.75. The fourth-order valence-corrected chi connectivity index (χ4v) is 4.73. The highest BCUT2D eigenvalue weighted by Crippen LogP contribution is 2.38. The van der Waals surface area contributed by atoms with Crippen molar-refractivity contribution >= 4 is 34.0 Å². The van der Waals surface area contributed by atoms with Gasteiger partial charge in [0.15, 0.2) is 5.82 Å². The van der Waals surface area contributed by atoms with Gasteiger partial charge < -0.3 is 21.3 Å². The molecule has 0 aliphatic carbocycles. The van der Waals surface area contributed by atoms with E-state index in [2.05, 4.69) is 21.6 Å². The molecule has 0 radical (unpaired) electrons. The number of nitrogens with two attached hydrogens (primary N) is 2. The van der Waals surface area contributed by atoms with Crippen molar-refractivity contribution in [2.45, 2.75) is 26.3 Å². The van der Waals surface area contributed by atoms with E-state index in [9.17, 15) is 0 Å². The van der Waals surface area contributed by atoms with E-state index in [1.165, 1.54) is 0 Å². The number of halogens is 1. The molecular weight excluding hydrogens is 410 g/mol. The van der Waals surface area contributed by atoms with Crippen LogP contribution in [0.2, 0.25) is 0 Å². The van der Waals surface area contributed by atoms with Crippen LogP contribution in [0.4, 0.5) is 11.6 Å². The second-order valence-electron chi connectivity index (χ2n) is 8.37. The molecule has 0 unspecified atom stereocenters. The van der Waals surface area contributed by atoms with E-state index in [1.807, 2.05) is 35.0 Å². The molecule has 31 heavy (non-hydrogen) atoms. The average Bonchev–Trinajstić information content (AvgIpc) is 3.46. The molecule has 1 aromatic carbocycles. The minimum atomic E-state index is 0.480. The summed E-state index contributed by atoms with van der Waals surface area (Å²) in [6.45, 7) is 11.4. The molecule has 4 N–H and O–H groups in total. The molecule has 2 fully saturated rings. The van der Waals surface area contributed by atoms with Crippen molar-refractivity contribution in [3.63, 3.8) is 0 Å². The average molecular weight is 444 g/mol. The van der Waals surface area contributed by atoms with Crippen molar-refractivity contribution in [1.82, 2.24) is 19.6 Å². The lowest BCUT2D eigenvalue weighted by atomic mass is 10.1. The number of anilines is 2. The summed E-state index contributed by atoms with van der Waals surface area (Å²) in [7, 11) is 0. The molecule has 0 bridgehead atoms. The van der Waals surface area contributed by atoms with Crippen LogP contribution < -0.4 is 16.4 Å². The topological polar surface area (TPSA) is 79.6 Å². The Balaban J connectivity index is 1.59. The van der Waals surface area contributed by atoms with Crippen LogP contribution in [-0.4, -0.2) is 71.9 Å². The van der Waals surface area contributed by atoms with E-state index in [0.29, 0.717) is 16.5 Å². The zero-order valence-electron chi connectivity index (χ0n) is 18.4. The van der Waals surface area contributed by atoms with Crippen molar-refractivity contribution in [1.29, 1.82) is 0 Å². The highest BCUT2D eigenvalue weighted by Gasteiger charge is 2.27. The number of aromatic nitrogens is 2. The lowest BCUT2D eigenvalue weighted by molar-refractivity contribution is 0.133. The Morgan fingerprint density at radius 1 is 0.968 bits per heavy atom. The third-order valence-electron chi connectivity index (χ3n) is 6.46. The van der Waals surface area contributed by atoms with Gasteiger partial charge >= 0.3 is 0 Å². The van der Waals surface area contributed by atoms with Crippen molar-refractivity contribution < 1.29 is 0 Å². The first-order valence-electron chi connectivity index (χ1n) is 11.4. The SMILES string of the molecule is CCN1CCN(CCn2nc(N3CCCC3)c(/C(Cl)=C(\N)c3ccccc3)c2N)CC1. The predicted octanol–water partition coefficient (Wildman–Crippen LogP) is 2.73. The molecule has 2 aliphatic heterocycles. The van der Waals surface area contributed by atoms with Gasteiger partial charge in [0.1, 0.15) is 5.82 Å². The van der Waals surface area contributed by atoms with Gasteiger partial charge in [-0.05, 0) is 24.9 Å². The summed E-state index contributed by atoms with van der Waals surface area (Å²) in [5.74, 6) is 1.45. The Kier molecular flexibility index (Phi) is 7.05. The monoisotopic (exact) mass is 443 g/mol. The summed E-state index contributed by atoms with van der Waals surface area (Å²) >= 11 is 6.85. The zero-order chi connectivity index (χ0) is 21.8. The van der Waals surface area contributed by atoms with Crippen molar-refractivity contribution in [3.05, 3.63) is 41.5 Å². The van der Waals surface area contributed by atoms with E-state index in [0.717, 1.165) is 88.7 Å². The van der Waals surface area contributed by atoms with Gasteiger partial charge in [-0.25, -0.2) is 4.68 Å². The lowest BCUT2D eigenvalue weighted by Gasteiger charge is -2.33. The second kappa shape index (κ2) is 9.94. The number of nitrogens with zero attached hydrogens (tertiary/aromatic N) is 5. The van der Waals surface area contributed by atoms with Crippen molar-refractivity contribution in [3.8, 4) is 0 Å². The third-order valence-corrected chi connectivity index (χ3v) is 6.85. The molecule has 2 aliphatic rings. The highest BCUT2D eigenvalue weighted by atomic mass is 35.5. The molecule has 2 saturated heterocycles. The Labute approximate surface area is 190 Å². The smallest absolute Gasteiger partial charge is 0.161 e. The number of hydrogen-bond acceptors (Lipinski definition) is 6. The van der Waals surface area contributed by atoms with Crippen LogP contribution in [-0.2, 0) is 6.54 Å². The quantitative estimate of drug-likeness (QED) is 0.684. The van der Waals surface area contributed by atoms with Gasteiger partial charge in [-0.1, -0.05) is 48.9 Å². The summed E-state index contributed by atoms with van der Waals surface area (Å²) in [5, 5.41) is 5.39. The molecular formula is C23H34ClN7. The summed E-state index contributed by atoms with van der Waals surface area (Å²) in [6.07, 6.45) is 2.31. The Hall–Kier alpha value is -2.22. The van der Waals surface area contributed by atoms with Gasteiger partial charge in [0.2, 0.25) is 0 Å². The van der Waals surface area contributed by atoms with E-state index >= 15 is 0 Å². The third kappa shape index (κ3) is 4.84. The van der Waals surface area contributed by atoms with Crippen molar-refractivity contribution in [2.24, 2.45) is 5.73 Å². The maximum absolute atomic E-state index is 6.85. The number of piperazine rings is 1. The van der Waals surface area contributed by atoms with Crippen LogP contribution in [0.1, 0.15) is 30.9 Å². The first-order valence-corrected chi connectivity index (χ1v) is 11.7. The van der Waals surface area contributed by atoms with Gasteiger partial charge in [0.25, 0.3) is 0 Å². The Morgan fingerprint density at radius 2 is 1.61 bits per heavy atom. The molecule has 0 atom stereocenters. The largest absolute Gasteiger partial charge is 0.397 e. The molecule has 0 spiro atoms. The van der Waals surface area contributed by atoms with Crippen LogP contribution in [0.15, 0.2) is 30.3 Å².